The molecule has 2 N–H and O–H groups in total. The number of nitrogens with zero attached hydrogens (tertiary/aromatic N) is 2. The van der Waals surface area contributed by atoms with Crippen molar-refractivity contribution in [2.24, 2.45) is 11.8 Å². The first-order valence-electron chi connectivity index (χ1n) is 14.5. The molecule has 2 amide bonds. The van der Waals surface area contributed by atoms with Gasteiger partial charge in [0.05, 0.1) is 24.6 Å². The summed E-state index contributed by atoms with van der Waals surface area (Å²) in [6.45, 7) is 3.01. The molecule has 3 heterocycles. The Morgan fingerprint density at radius 1 is 1.05 bits per heavy atom. The van der Waals surface area contributed by atoms with E-state index < -0.39 is 24.3 Å². The van der Waals surface area contributed by atoms with Crippen molar-refractivity contribution < 1.29 is 23.1 Å². The number of carbonyl (C=O) groups is 2. The van der Waals surface area contributed by atoms with Crippen LogP contribution in [-0.4, -0.2) is 68.1 Å². The second-order valence-electron chi connectivity index (χ2n) is 11.7. The molecule has 4 aliphatic rings. The van der Waals surface area contributed by atoms with E-state index in [-0.39, 0.29) is 42.7 Å². The first-order chi connectivity index (χ1) is 19.3. The van der Waals surface area contributed by atoms with E-state index in [1.807, 2.05) is 36.4 Å². The molecule has 2 aromatic rings. The van der Waals surface area contributed by atoms with E-state index >= 15 is 0 Å². The molecular weight excluding hydrogens is 514 g/mol. The number of alkyl halides is 2. The standard InChI is InChI=1S/C31H38F2N4O3/c1-40-19-27-23-13-17-37(28(23)22-6-2-3-7-25(22)34-27)30(39)24-18-31(32,33)14-12-26(24)35-29(38)20-8-10-21(11-9-20)36-15-4-5-16-36/h2-3,6-11,23-24,26-28,34H,4-5,12-19H2,1H3,(H,35,38)/t23-,24+,26-,27+,28+/m1/s1. The Kier molecular flexibility index (Phi) is 7.42. The lowest BCUT2D eigenvalue weighted by Crippen LogP contribution is -2.53. The highest BCUT2D eigenvalue weighted by molar-refractivity contribution is 5.95. The summed E-state index contributed by atoms with van der Waals surface area (Å²) in [7, 11) is 1.66. The van der Waals surface area contributed by atoms with Crippen molar-refractivity contribution in [3.8, 4) is 0 Å². The summed E-state index contributed by atoms with van der Waals surface area (Å²) in [6.07, 6.45) is 2.25. The summed E-state index contributed by atoms with van der Waals surface area (Å²) in [5, 5.41) is 6.52. The summed E-state index contributed by atoms with van der Waals surface area (Å²) in [5.74, 6) is -4.44. The number of methoxy groups -OCH3 is 1. The number of rotatable bonds is 6. The Morgan fingerprint density at radius 3 is 2.55 bits per heavy atom. The second-order valence-corrected chi connectivity index (χ2v) is 11.7. The Morgan fingerprint density at radius 2 is 1.80 bits per heavy atom. The van der Waals surface area contributed by atoms with Gasteiger partial charge in [0.15, 0.2) is 0 Å². The lowest BCUT2D eigenvalue weighted by Gasteiger charge is -2.42. The molecule has 214 valence electrons. The molecule has 5 atom stereocenters. The molecule has 3 fully saturated rings. The minimum Gasteiger partial charge on any atom is -0.383 e. The summed E-state index contributed by atoms with van der Waals surface area (Å²) in [6, 6.07) is 14.5. The third-order valence-corrected chi connectivity index (χ3v) is 9.27. The molecule has 0 radical (unpaired) electrons. The van der Waals surface area contributed by atoms with Crippen LogP contribution in [0, 0.1) is 11.8 Å². The topological polar surface area (TPSA) is 73.9 Å². The number of ether oxygens (including phenoxy) is 1. The van der Waals surface area contributed by atoms with Gasteiger partial charge >= 0.3 is 0 Å². The summed E-state index contributed by atoms with van der Waals surface area (Å²) in [5.41, 5.74) is 3.51. The van der Waals surface area contributed by atoms with Gasteiger partial charge in [-0.15, -0.1) is 0 Å². The van der Waals surface area contributed by atoms with Gasteiger partial charge in [0.1, 0.15) is 0 Å². The van der Waals surface area contributed by atoms with Crippen molar-refractivity contribution in [3.05, 3.63) is 59.7 Å². The lowest BCUT2D eigenvalue weighted by atomic mass is 9.79. The van der Waals surface area contributed by atoms with Gasteiger partial charge in [0, 0.05) is 68.5 Å². The average Bonchev–Trinajstić information content (AvgIpc) is 3.65. The maximum atomic E-state index is 14.7. The van der Waals surface area contributed by atoms with Crippen molar-refractivity contribution in [2.45, 2.75) is 62.6 Å². The van der Waals surface area contributed by atoms with E-state index in [9.17, 15) is 18.4 Å². The molecular formula is C31H38F2N4O3. The van der Waals surface area contributed by atoms with Gasteiger partial charge in [-0.3, -0.25) is 9.59 Å². The number of halogens is 2. The molecule has 1 saturated carbocycles. The summed E-state index contributed by atoms with van der Waals surface area (Å²) in [4.78, 5) is 31.5. The highest BCUT2D eigenvalue weighted by Gasteiger charge is 2.51. The minimum atomic E-state index is -2.94. The minimum absolute atomic E-state index is 0.0227. The number of benzene rings is 2. The molecule has 2 saturated heterocycles. The number of para-hydroxylation sites is 1. The smallest absolute Gasteiger partial charge is 0.251 e. The Bertz CT molecular complexity index is 1230. The van der Waals surface area contributed by atoms with E-state index in [2.05, 4.69) is 15.5 Å². The van der Waals surface area contributed by atoms with Gasteiger partial charge in [0.2, 0.25) is 11.8 Å². The van der Waals surface area contributed by atoms with Crippen molar-refractivity contribution in [1.29, 1.82) is 0 Å². The summed E-state index contributed by atoms with van der Waals surface area (Å²) < 4.78 is 35.0. The third kappa shape index (κ3) is 5.16. The fraction of sp³-hybridized carbons (Fsp3) is 0.548. The number of hydrogen-bond donors (Lipinski definition) is 2. The van der Waals surface area contributed by atoms with Crippen molar-refractivity contribution in [2.75, 3.05) is 43.6 Å². The largest absolute Gasteiger partial charge is 0.383 e. The van der Waals surface area contributed by atoms with Gasteiger partial charge in [-0.1, -0.05) is 18.2 Å². The van der Waals surface area contributed by atoms with Crippen LogP contribution in [0.25, 0.3) is 0 Å². The zero-order valence-corrected chi connectivity index (χ0v) is 23.0. The van der Waals surface area contributed by atoms with Crippen LogP contribution >= 0.6 is 0 Å². The molecule has 0 bridgehead atoms. The lowest BCUT2D eigenvalue weighted by molar-refractivity contribution is -0.146. The van der Waals surface area contributed by atoms with Gasteiger partial charge < -0.3 is 25.2 Å². The Balaban J connectivity index is 1.22. The molecule has 40 heavy (non-hydrogen) atoms. The fourth-order valence-corrected chi connectivity index (χ4v) is 7.25. The normalized spacial score (nSPS) is 28.9. The Hall–Kier alpha value is -3.20. The van der Waals surface area contributed by atoms with Crippen LogP contribution in [0.4, 0.5) is 20.2 Å². The van der Waals surface area contributed by atoms with Gasteiger partial charge in [-0.05, 0) is 61.6 Å². The van der Waals surface area contributed by atoms with Crippen molar-refractivity contribution in [1.82, 2.24) is 10.2 Å². The average molecular weight is 553 g/mol. The highest BCUT2D eigenvalue weighted by atomic mass is 19.3. The first kappa shape index (κ1) is 27.0. The second kappa shape index (κ2) is 11.0. The molecule has 7 nitrogen and oxygen atoms in total. The molecule has 6 rings (SSSR count). The monoisotopic (exact) mass is 552 g/mol. The Labute approximate surface area is 234 Å². The molecule has 0 spiro atoms. The highest BCUT2D eigenvalue weighted by Crippen LogP contribution is 2.48. The van der Waals surface area contributed by atoms with Crippen LogP contribution in [0.1, 0.15) is 60.5 Å². The maximum Gasteiger partial charge on any atom is 0.251 e. The number of likely N-dealkylation sites (tertiary alicyclic amines) is 1. The number of nitrogens with one attached hydrogen (secondary N) is 2. The maximum absolute atomic E-state index is 14.7. The van der Waals surface area contributed by atoms with E-state index in [4.69, 9.17) is 4.74 Å². The number of amides is 2. The number of anilines is 2. The van der Waals surface area contributed by atoms with Gasteiger partial charge in [0.25, 0.3) is 5.91 Å². The quantitative estimate of drug-likeness (QED) is 0.536. The van der Waals surface area contributed by atoms with E-state index in [1.54, 1.807) is 24.1 Å². The predicted octanol–water partition coefficient (Wildman–Crippen LogP) is 4.85. The van der Waals surface area contributed by atoms with Gasteiger partial charge in [-0.2, -0.15) is 0 Å². The zero-order valence-electron chi connectivity index (χ0n) is 23.0. The molecule has 0 aromatic heterocycles. The van der Waals surface area contributed by atoms with Crippen molar-refractivity contribution >= 4 is 23.2 Å². The molecule has 9 heteroatoms. The van der Waals surface area contributed by atoms with Crippen LogP contribution in [-0.2, 0) is 9.53 Å². The van der Waals surface area contributed by atoms with Crippen LogP contribution in [0.2, 0.25) is 0 Å². The van der Waals surface area contributed by atoms with E-state index in [0.29, 0.717) is 18.7 Å². The van der Waals surface area contributed by atoms with Crippen LogP contribution in [0.3, 0.4) is 0 Å². The van der Waals surface area contributed by atoms with Crippen molar-refractivity contribution in [3.63, 3.8) is 0 Å². The van der Waals surface area contributed by atoms with Crippen LogP contribution in [0.15, 0.2) is 48.5 Å². The number of fused-ring (bicyclic) bond motifs is 3. The van der Waals surface area contributed by atoms with Crippen LogP contribution in [0.5, 0.6) is 0 Å². The first-order valence-corrected chi connectivity index (χ1v) is 14.5. The molecule has 3 aliphatic heterocycles. The number of hydrogen-bond acceptors (Lipinski definition) is 5. The van der Waals surface area contributed by atoms with E-state index in [1.165, 1.54) is 0 Å². The van der Waals surface area contributed by atoms with Crippen LogP contribution < -0.4 is 15.5 Å². The number of carbonyl (C=O) groups excluding carboxylic acids is 2. The predicted molar refractivity (Wildman–Crippen MR) is 150 cm³/mol. The summed E-state index contributed by atoms with van der Waals surface area (Å²) >= 11 is 0. The SMILES string of the molecule is COC[C@@H]1Nc2ccccc2[C@H]2[C@@H]1CCN2C(=O)[C@H]1CC(F)(F)CC[C@H]1NC(=O)c1ccc(N2CCCC2)cc1. The zero-order chi connectivity index (χ0) is 27.9. The van der Waals surface area contributed by atoms with Gasteiger partial charge in [-0.25, -0.2) is 8.78 Å². The molecule has 1 aliphatic carbocycles. The van der Waals surface area contributed by atoms with E-state index in [0.717, 1.165) is 49.3 Å². The molecule has 0 unspecified atom stereocenters. The fourth-order valence-electron chi connectivity index (χ4n) is 7.25. The third-order valence-electron chi connectivity index (χ3n) is 9.27. The molecule has 2 aromatic carbocycles.